The first kappa shape index (κ1) is 14.3. The van der Waals surface area contributed by atoms with Gasteiger partial charge in [0.1, 0.15) is 0 Å². The first-order valence-electron chi connectivity index (χ1n) is 6.43. The van der Waals surface area contributed by atoms with Gasteiger partial charge in [0.05, 0.1) is 16.8 Å². The van der Waals surface area contributed by atoms with E-state index >= 15 is 0 Å². The quantitative estimate of drug-likeness (QED) is 0.414. The van der Waals surface area contributed by atoms with E-state index in [1.54, 1.807) is 18.3 Å². The summed E-state index contributed by atoms with van der Waals surface area (Å²) in [6.45, 7) is 0. The summed E-state index contributed by atoms with van der Waals surface area (Å²) in [5.41, 5.74) is 5.56. The molecule has 0 atom stereocenters. The van der Waals surface area contributed by atoms with Crippen molar-refractivity contribution in [1.29, 1.82) is 0 Å². The number of anilines is 1. The van der Waals surface area contributed by atoms with Crippen LogP contribution in [0.4, 0.5) is 11.4 Å². The van der Waals surface area contributed by atoms with Gasteiger partial charge in [-0.05, 0) is 30.3 Å². The molecule has 0 saturated heterocycles. The van der Waals surface area contributed by atoms with Crippen molar-refractivity contribution in [2.24, 2.45) is 5.10 Å². The molecule has 0 spiro atoms. The largest absolute Gasteiger partial charge is 0.361 e. The second-order valence-corrected chi connectivity index (χ2v) is 5.52. The van der Waals surface area contributed by atoms with Crippen LogP contribution >= 0.6 is 15.9 Å². The topological polar surface area (TPSA) is 83.3 Å². The number of nitrogens with zero attached hydrogens (tertiary/aromatic N) is 2. The minimum Gasteiger partial charge on any atom is -0.361 e. The first-order valence-corrected chi connectivity index (χ1v) is 7.23. The van der Waals surface area contributed by atoms with Crippen molar-refractivity contribution in [1.82, 2.24) is 4.98 Å². The number of benzene rings is 2. The highest BCUT2D eigenvalue weighted by atomic mass is 79.9. The van der Waals surface area contributed by atoms with Crippen molar-refractivity contribution in [3.63, 3.8) is 0 Å². The summed E-state index contributed by atoms with van der Waals surface area (Å²) in [6, 6.07) is 12.1. The Kier molecular flexibility index (Phi) is 3.88. The van der Waals surface area contributed by atoms with Crippen molar-refractivity contribution in [3.05, 3.63) is 68.8 Å². The van der Waals surface area contributed by atoms with Gasteiger partial charge in [-0.15, -0.1) is 0 Å². The highest BCUT2D eigenvalue weighted by Gasteiger charge is 2.04. The molecule has 0 aliphatic carbocycles. The van der Waals surface area contributed by atoms with Crippen molar-refractivity contribution in [3.8, 4) is 0 Å². The summed E-state index contributed by atoms with van der Waals surface area (Å²) < 4.78 is 0.998. The van der Waals surface area contributed by atoms with Crippen LogP contribution in [0, 0.1) is 10.1 Å². The zero-order valence-electron chi connectivity index (χ0n) is 11.3. The predicted molar refractivity (Wildman–Crippen MR) is 90.3 cm³/mol. The van der Waals surface area contributed by atoms with Crippen LogP contribution in [0.1, 0.15) is 5.56 Å². The Labute approximate surface area is 134 Å². The number of H-pyrrole nitrogens is 1. The van der Waals surface area contributed by atoms with E-state index in [-0.39, 0.29) is 5.69 Å². The van der Waals surface area contributed by atoms with Crippen LogP contribution in [0.15, 0.2) is 58.2 Å². The standard InChI is InChI=1S/C15H11BrN4O2/c16-11-1-6-15-14(7-11)10(8-17-15)9-18-19-12-2-4-13(5-3-12)20(21)22/h1-9,17,19H. The number of hydrazone groups is 1. The molecule has 0 saturated carbocycles. The molecule has 7 heteroatoms. The molecule has 2 N–H and O–H groups in total. The lowest BCUT2D eigenvalue weighted by Crippen LogP contribution is -1.91. The molecule has 1 aromatic heterocycles. The molecule has 0 fully saturated rings. The SMILES string of the molecule is O=[N+]([O-])c1ccc(NN=Cc2c[nH]c3ccc(Br)cc23)cc1. The van der Waals surface area contributed by atoms with E-state index in [1.165, 1.54) is 12.1 Å². The van der Waals surface area contributed by atoms with Gasteiger partial charge in [-0.25, -0.2) is 0 Å². The third-order valence-electron chi connectivity index (χ3n) is 3.15. The molecule has 0 aliphatic heterocycles. The zero-order chi connectivity index (χ0) is 15.5. The number of hydrogen-bond donors (Lipinski definition) is 2. The third kappa shape index (κ3) is 2.99. The van der Waals surface area contributed by atoms with Crippen LogP contribution in [0.25, 0.3) is 10.9 Å². The number of aromatic amines is 1. The summed E-state index contributed by atoms with van der Waals surface area (Å²) in [4.78, 5) is 13.3. The van der Waals surface area contributed by atoms with E-state index in [1.807, 2.05) is 24.4 Å². The summed E-state index contributed by atoms with van der Waals surface area (Å²) in [5, 5.41) is 15.8. The van der Waals surface area contributed by atoms with Crippen LogP contribution in [-0.2, 0) is 0 Å². The Balaban J connectivity index is 1.76. The number of non-ortho nitro benzene ring substituents is 1. The van der Waals surface area contributed by atoms with Gasteiger partial charge in [0.2, 0.25) is 0 Å². The Morgan fingerprint density at radius 2 is 2.00 bits per heavy atom. The number of hydrogen-bond acceptors (Lipinski definition) is 4. The zero-order valence-corrected chi connectivity index (χ0v) is 12.9. The van der Waals surface area contributed by atoms with Crippen LogP contribution in [0.5, 0.6) is 0 Å². The third-order valence-corrected chi connectivity index (χ3v) is 3.64. The summed E-state index contributed by atoms with van der Waals surface area (Å²) >= 11 is 3.45. The number of nitro benzene ring substituents is 1. The molecular weight excluding hydrogens is 348 g/mol. The van der Waals surface area contributed by atoms with Crippen molar-refractivity contribution in [2.45, 2.75) is 0 Å². The van der Waals surface area contributed by atoms with Gasteiger partial charge in [-0.2, -0.15) is 5.10 Å². The normalized spacial score (nSPS) is 11.1. The minimum atomic E-state index is -0.434. The fourth-order valence-electron chi connectivity index (χ4n) is 2.06. The Bertz CT molecular complexity index is 856. The first-order chi connectivity index (χ1) is 10.6. The Morgan fingerprint density at radius 1 is 1.23 bits per heavy atom. The molecule has 110 valence electrons. The van der Waals surface area contributed by atoms with E-state index in [2.05, 4.69) is 31.4 Å². The monoisotopic (exact) mass is 358 g/mol. The lowest BCUT2D eigenvalue weighted by Gasteiger charge is -1.99. The van der Waals surface area contributed by atoms with Gasteiger partial charge in [-0.3, -0.25) is 15.5 Å². The predicted octanol–water partition coefficient (Wildman–Crippen LogP) is 4.28. The van der Waals surface area contributed by atoms with E-state index in [0.717, 1.165) is 20.9 Å². The molecule has 0 amide bonds. The van der Waals surface area contributed by atoms with E-state index in [4.69, 9.17) is 0 Å². The molecule has 3 aromatic rings. The lowest BCUT2D eigenvalue weighted by atomic mass is 10.2. The number of nitrogens with one attached hydrogen (secondary N) is 2. The number of halogens is 1. The average molecular weight is 359 g/mol. The van der Waals surface area contributed by atoms with E-state index < -0.39 is 4.92 Å². The molecule has 0 bridgehead atoms. The second-order valence-electron chi connectivity index (χ2n) is 4.61. The smallest absolute Gasteiger partial charge is 0.269 e. The molecule has 0 radical (unpaired) electrons. The molecule has 1 heterocycles. The van der Waals surface area contributed by atoms with Crippen molar-refractivity contribution < 1.29 is 4.92 Å². The van der Waals surface area contributed by atoms with Crippen molar-refractivity contribution >= 4 is 44.4 Å². The highest BCUT2D eigenvalue weighted by molar-refractivity contribution is 9.10. The van der Waals surface area contributed by atoms with Gasteiger partial charge in [0.15, 0.2) is 0 Å². The van der Waals surface area contributed by atoms with E-state index in [9.17, 15) is 10.1 Å². The molecule has 22 heavy (non-hydrogen) atoms. The van der Waals surface area contributed by atoms with Gasteiger partial charge < -0.3 is 4.98 Å². The maximum Gasteiger partial charge on any atom is 0.269 e. The molecular formula is C15H11BrN4O2. The maximum atomic E-state index is 10.6. The molecule has 2 aromatic carbocycles. The highest BCUT2D eigenvalue weighted by Crippen LogP contribution is 2.21. The van der Waals surface area contributed by atoms with Gasteiger partial charge in [0, 0.05) is 39.3 Å². The van der Waals surface area contributed by atoms with Crippen molar-refractivity contribution in [2.75, 3.05) is 5.43 Å². The Hall–Kier alpha value is -2.67. The molecule has 6 nitrogen and oxygen atoms in total. The van der Waals surface area contributed by atoms with Crippen LogP contribution in [-0.4, -0.2) is 16.1 Å². The second kappa shape index (κ2) is 5.98. The summed E-state index contributed by atoms with van der Waals surface area (Å²) in [5.74, 6) is 0. The van der Waals surface area contributed by atoms with Crippen LogP contribution in [0.3, 0.4) is 0 Å². The fourth-order valence-corrected chi connectivity index (χ4v) is 2.42. The van der Waals surface area contributed by atoms with Crippen LogP contribution < -0.4 is 5.43 Å². The maximum absolute atomic E-state index is 10.6. The van der Waals surface area contributed by atoms with Crippen LogP contribution in [0.2, 0.25) is 0 Å². The lowest BCUT2D eigenvalue weighted by molar-refractivity contribution is -0.384. The molecule has 0 aliphatic rings. The molecule has 0 unspecified atom stereocenters. The van der Waals surface area contributed by atoms with E-state index in [0.29, 0.717) is 5.69 Å². The summed E-state index contributed by atoms with van der Waals surface area (Å²) in [7, 11) is 0. The van der Waals surface area contributed by atoms with Gasteiger partial charge in [0.25, 0.3) is 5.69 Å². The number of nitro groups is 1. The molecule has 3 rings (SSSR count). The number of fused-ring (bicyclic) bond motifs is 1. The van der Waals surface area contributed by atoms with Gasteiger partial charge >= 0.3 is 0 Å². The Morgan fingerprint density at radius 3 is 2.73 bits per heavy atom. The summed E-state index contributed by atoms with van der Waals surface area (Å²) in [6.07, 6.45) is 3.57. The number of rotatable bonds is 4. The number of aromatic nitrogens is 1. The minimum absolute atomic E-state index is 0.0519. The fraction of sp³-hybridized carbons (Fsp3) is 0. The van der Waals surface area contributed by atoms with Gasteiger partial charge in [-0.1, -0.05) is 15.9 Å². The average Bonchev–Trinajstić information content (AvgIpc) is 2.90.